The second kappa shape index (κ2) is 4.92. The summed E-state index contributed by atoms with van der Waals surface area (Å²) in [6.07, 6.45) is 2.74. The van der Waals surface area contributed by atoms with Gasteiger partial charge in [-0.15, -0.1) is 0 Å². The summed E-state index contributed by atoms with van der Waals surface area (Å²) in [4.78, 5) is 26.4. The number of nitrogens with two attached hydrogens (primary N) is 1. The van der Waals surface area contributed by atoms with E-state index >= 15 is 0 Å². The van der Waals surface area contributed by atoms with Crippen LogP contribution in [-0.2, 0) is 4.79 Å². The second-order valence-electron chi connectivity index (χ2n) is 3.34. The fourth-order valence-corrected chi connectivity index (χ4v) is 1.24. The van der Waals surface area contributed by atoms with Gasteiger partial charge in [0.1, 0.15) is 18.7 Å². The third-order valence-corrected chi connectivity index (χ3v) is 2.16. The minimum atomic E-state index is -0.632. The van der Waals surface area contributed by atoms with E-state index < -0.39 is 11.9 Å². The van der Waals surface area contributed by atoms with Crippen LogP contribution in [-0.4, -0.2) is 41.7 Å². The summed E-state index contributed by atoms with van der Waals surface area (Å²) in [5.74, 6) is -0.215. The molecule has 10 heteroatoms. The second-order valence-corrected chi connectivity index (χ2v) is 3.67. The first kappa shape index (κ1) is 12.2. The van der Waals surface area contributed by atoms with Gasteiger partial charge in [-0.1, -0.05) is 0 Å². The highest BCUT2D eigenvalue weighted by Gasteiger charge is 2.12. The minimum Gasteiger partial charge on any atom is -0.368 e. The number of carbonyl (C=O) groups excluding carboxylic acids is 1. The maximum atomic E-state index is 10.9. The van der Waals surface area contributed by atoms with Crippen LogP contribution in [0.4, 0.5) is 5.95 Å². The number of hydrogen-bond acceptors (Lipinski definition) is 7. The Morgan fingerprint density at radius 3 is 2.89 bits per heavy atom. The van der Waals surface area contributed by atoms with Crippen molar-refractivity contribution in [2.75, 3.05) is 5.32 Å². The van der Waals surface area contributed by atoms with Gasteiger partial charge >= 0.3 is 0 Å². The molecular weight excluding hydrogens is 260 g/mol. The SMILES string of the molecule is CC(Nc1nc(Cl)nc(-n2cncn2)n1)C(N)=O. The Morgan fingerprint density at radius 2 is 2.28 bits per heavy atom. The Balaban J connectivity index is 2.30. The average molecular weight is 269 g/mol. The average Bonchev–Trinajstić information content (AvgIpc) is 2.81. The predicted octanol–water partition coefficient (Wildman–Crippen LogP) is -0.609. The van der Waals surface area contributed by atoms with Crippen LogP contribution in [0.2, 0.25) is 5.28 Å². The number of hydrogen-bond donors (Lipinski definition) is 2. The lowest BCUT2D eigenvalue weighted by atomic mass is 10.3. The molecule has 0 aliphatic carbocycles. The lowest BCUT2D eigenvalue weighted by Crippen LogP contribution is -2.33. The molecule has 2 rings (SSSR count). The van der Waals surface area contributed by atoms with E-state index in [-0.39, 0.29) is 17.2 Å². The highest BCUT2D eigenvalue weighted by Crippen LogP contribution is 2.09. The molecule has 0 saturated carbocycles. The number of nitrogens with zero attached hydrogens (tertiary/aromatic N) is 6. The normalized spacial score (nSPS) is 12.1. The monoisotopic (exact) mass is 268 g/mol. The molecule has 0 radical (unpaired) electrons. The largest absolute Gasteiger partial charge is 0.368 e. The number of anilines is 1. The van der Waals surface area contributed by atoms with E-state index in [9.17, 15) is 4.79 Å². The molecule has 1 atom stereocenters. The van der Waals surface area contributed by atoms with Crippen molar-refractivity contribution < 1.29 is 4.79 Å². The van der Waals surface area contributed by atoms with Crippen LogP contribution in [0.1, 0.15) is 6.92 Å². The molecule has 1 unspecified atom stereocenters. The first-order valence-corrected chi connectivity index (χ1v) is 5.26. The van der Waals surface area contributed by atoms with E-state index in [4.69, 9.17) is 17.3 Å². The molecule has 9 nitrogen and oxygen atoms in total. The molecule has 0 aliphatic rings. The Bertz CT molecular complexity index is 556. The molecule has 2 aromatic heterocycles. The molecule has 3 N–H and O–H groups in total. The van der Waals surface area contributed by atoms with Crippen molar-refractivity contribution in [1.29, 1.82) is 0 Å². The Morgan fingerprint density at radius 1 is 1.50 bits per heavy atom. The number of carbonyl (C=O) groups is 1. The summed E-state index contributed by atoms with van der Waals surface area (Å²) >= 11 is 5.75. The summed E-state index contributed by atoms with van der Waals surface area (Å²) in [6.45, 7) is 1.58. The molecule has 0 aliphatic heterocycles. The van der Waals surface area contributed by atoms with Gasteiger partial charge in [-0.25, -0.2) is 4.98 Å². The first-order chi connectivity index (χ1) is 8.56. The van der Waals surface area contributed by atoms with E-state index in [1.54, 1.807) is 6.92 Å². The topological polar surface area (TPSA) is 124 Å². The van der Waals surface area contributed by atoms with Crippen LogP contribution >= 0.6 is 11.6 Å². The molecule has 0 spiro atoms. The number of amides is 1. The maximum Gasteiger partial charge on any atom is 0.258 e. The number of primary amides is 1. The fourth-order valence-electron chi connectivity index (χ4n) is 1.08. The van der Waals surface area contributed by atoms with Crippen molar-refractivity contribution in [2.45, 2.75) is 13.0 Å². The summed E-state index contributed by atoms with van der Waals surface area (Å²) in [5, 5.41) is 6.53. The molecule has 0 aromatic carbocycles. The highest BCUT2D eigenvalue weighted by molar-refractivity contribution is 6.28. The number of aromatic nitrogens is 6. The summed E-state index contributed by atoms with van der Waals surface area (Å²) in [7, 11) is 0. The number of rotatable bonds is 4. The van der Waals surface area contributed by atoms with Crippen molar-refractivity contribution in [2.24, 2.45) is 5.73 Å². The molecule has 18 heavy (non-hydrogen) atoms. The lowest BCUT2D eigenvalue weighted by molar-refractivity contribution is -0.118. The molecule has 1 amide bonds. The maximum absolute atomic E-state index is 10.9. The van der Waals surface area contributed by atoms with Gasteiger partial charge in [0.2, 0.25) is 17.1 Å². The van der Waals surface area contributed by atoms with Gasteiger partial charge < -0.3 is 11.1 Å². The van der Waals surface area contributed by atoms with Gasteiger partial charge in [-0.3, -0.25) is 4.79 Å². The van der Waals surface area contributed by atoms with Gasteiger partial charge in [0.15, 0.2) is 0 Å². The van der Waals surface area contributed by atoms with E-state index in [1.807, 2.05) is 0 Å². The third kappa shape index (κ3) is 2.69. The first-order valence-electron chi connectivity index (χ1n) is 4.88. The van der Waals surface area contributed by atoms with Crippen LogP contribution in [0, 0.1) is 0 Å². The van der Waals surface area contributed by atoms with E-state index in [0.29, 0.717) is 0 Å². The summed E-state index contributed by atoms with van der Waals surface area (Å²) in [6, 6.07) is -0.632. The predicted molar refractivity (Wildman–Crippen MR) is 62.0 cm³/mol. The summed E-state index contributed by atoms with van der Waals surface area (Å²) < 4.78 is 1.31. The molecule has 2 aromatic rings. The molecular formula is C8H9ClN8O. The van der Waals surface area contributed by atoms with Gasteiger partial charge in [-0.2, -0.15) is 24.7 Å². The standard InChI is InChI=1S/C8H9ClN8O/c1-4(5(10)18)13-7-14-6(9)15-8(16-7)17-3-11-2-12-17/h2-4H,1H3,(H2,10,18)(H,13,14,15,16). The van der Waals surface area contributed by atoms with Crippen molar-refractivity contribution in [1.82, 2.24) is 29.7 Å². The van der Waals surface area contributed by atoms with Gasteiger partial charge in [-0.05, 0) is 18.5 Å². The van der Waals surface area contributed by atoms with Crippen LogP contribution in [0.3, 0.4) is 0 Å². The van der Waals surface area contributed by atoms with Crippen LogP contribution in [0.5, 0.6) is 0 Å². The van der Waals surface area contributed by atoms with Crippen molar-refractivity contribution in [3.63, 3.8) is 0 Å². The van der Waals surface area contributed by atoms with E-state index in [1.165, 1.54) is 17.3 Å². The fraction of sp³-hybridized carbons (Fsp3) is 0.250. The minimum absolute atomic E-state index is 0.0327. The third-order valence-electron chi connectivity index (χ3n) is 1.99. The van der Waals surface area contributed by atoms with Crippen LogP contribution in [0.25, 0.3) is 5.95 Å². The van der Waals surface area contributed by atoms with Crippen LogP contribution in [0.15, 0.2) is 12.7 Å². The lowest BCUT2D eigenvalue weighted by Gasteiger charge is -2.10. The Labute approximate surface area is 106 Å². The zero-order valence-corrected chi connectivity index (χ0v) is 10.0. The Kier molecular flexibility index (Phi) is 3.33. The van der Waals surface area contributed by atoms with E-state index in [0.717, 1.165) is 0 Å². The number of nitrogens with one attached hydrogen (secondary N) is 1. The zero-order chi connectivity index (χ0) is 13.1. The van der Waals surface area contributed by atoms with Crippen molar-refractivity contribution >= 4 is 23.5 Å². The van der Waals surface area contributed by atoms with Gasteiger partial charge in [0.25, 0.3) is 5.95 Å². The van der Waals surface area contributed by atoms with Crippen molar-refractivity contribution in [3.8, 4) is 5.95 Å². The summed E-state index contributed by atoms with van der Waals surface area (Å²) in [5.41, 5.74) is 5.12. The van der Waals surface area contributed by atoms with Crippen LogP contribution < -0.4 is 11.1 Å². The van der Waals surface area contributed by atoms with Crippen molar-refractivity contribution in [3.05, 3.63) is 17.9 Å². The molecule has 0 saturated heterocycles. The van der Waals surface area contributed by atoms with Gasteiger partial charge in [0, 0.05) is 0 Å². The number of halogens is 1. The Hall–Kier alpha value is -2.29. The zero-order valence-electron chi connectivity index (χ0n) is 9.28. The quantitative estimate of drug-likeness (QED) is 0.758. The molecule has 2 heterocycles. The highest BCUT2D eigenvalue weighted by atomic mass is 35.5. The molecule has 0 bridgehead atoms. The smallest absolute Gasteiger partial charge is 0.258 e. The molecule has 0 fully saturated rings. The van der Waals surface area contributed by atoms with Gasteiger partial charge in [0.05, 0.1) is 0 Å². The van der Waals surface area contributed by atoms with E-state index in [2.05, 4.69) is 30.4 Å². The molecule has 94 valence electrons.